The molecule has 7 nitrogen and oxygen atoms in total. The molecular weight excluding hydrogens is 447 g/mol. The topological polar surface area (TPSA) is 70.5 Å². The molecule has 0 saturated carbocycles. The molecule has 0 spiro atoms. The van der Waals surface area contributed by atoms with Gasteiger partial charge in [-0.1, -0.05) is 20.8 Å². The largest absolute Gasteiger partial charge is 0.338 e. The quantitative estimate of drug-likeness (QED) is 0.735. The number of hydrogen-bond acceptors (Lipinski definition) is 4. The van der Waals surface area contributed by atoms with E-state index in [1.807, 2.05) is 32.7 Å². The van der Waals surface area contributed by atoms with Crippen molar-refractivity contribution in [3.63, 3.8) is 0 Å². The van der Waals surface area contributed by atoms with Gasteiger partial charge in [0.1, 0.15) is 29.7 Å². The van der Waals surface area contributed by atoms with E-state index in [4.69, 9.17) is 0 Å². The highest BCUT2D eigenvalue weighted by atomic mass is 19.1. The normalized spacial score (nSPS) is 18.1. The van der Waals surface area contributed by atoms with E-state index in [0.717, 1.165) is 31.2 Å². The molecule has 1 fully saturated rings. The number of amides is 2. The molecule has 0 aliphatic carbocycles. The Labute approximate surface area is 196 Å². The molecular formula is C24H30F3N5O2. The number of likely N-dealkylation sites (tertiary alicyclic amines) is 1. The zero-order valence-electron chi connectivity index (χ0n) is 19.9. The average Bonchev–Trinajstić information content (AvgIpc) is 2.96. The van der Waals surface area contributed by atoms with Crippen molar-refractivity contribution in [2.75, 3.05) is 26.7 Å². The van der Waals surface area contributed by atoms with Gasteiger partial charge in [-0.15, -0.1) is 0 Å². The van der Waals surface area contributed by atoms with Crippen molar-refractivity contribution in [1.29, 1.82) is 0 Å². The summed E-state index contributed by atoms with van der Waals surface area (Å²) in [5.74, 6) is -2.00. The fourth-order valence-electron chi connectivity index (χ4n) is 4.41. The minimum Gasteiger partial charge on any atom is -0.338 e. The number of nitrogens with zero attached hydrogens (tertiary/aromatic N) is 4. The van der Waals surface area contributed by atoms with E-state index in [0.29, 0.717) is 18.8 Å². The van der Waals surface area contributed by atoms with Gasteiger partial charge in [-0.05, 0) is 43.6 Å². The summed E-state index contributed by atoms with van der Waals surface area (Å²) >= 11 is 0. The van der Waals surface area contributed by atoms with E-state index in [9.17, 15) is 22.8 Å². The third kappa shape index (κ3) is 4.68. The number of rotatable bonds is 4. The first-order valence-corrected chi connectivity index (χ1v) is 11.4. The van der Waals surface area contributed by atoms with Gasteiger partial charge >= 0.3 is 0 Å². The summed E-state index contributed by atoms with van der Waals surface area (Å²) in [7, 11) is 1.91. The Kier molecular flexibility index (Phi) is 6.46. The molecule has 4 rings (SSSR count). The minimum atomic E-state index is -1.05. The summed E-state index contributed by atoms with van der Waals surface area (Å²) in [6, 6.07) is 2.24. The predicted octanol–water partition coefficient (Wildman–Crippen LogP) is 2.99. The zero-order chi connectivity index (χ0) is 24.8. The molecule has 2 aliphatic rings. The Balaban J connectivity index is 1.73. The van der Waals surface area contributed by atoms with Crippen LogP contribution in [-0.2, 0) is 17.9 Å². The fourth-order valence-corrected chi connectivity index (χ4v) is 4.41. The zero-order valence-corrected chi connectivity index (χ0v) is 19.9. The lowest BCUT2D eigenvalue weighted by Crippen LogP contribution is -2.61. The maximum atomic E-state index is 14.6. The van der Waals surface area contributed by atoms with Crippen molar-refractivity contribution in [1.82, 2.24) is 24.7 Å². The van der Waals surface area contributed by atoms with Gasteiger partial charge in [0.15, 0.2) is 5.69 Å². The van der Waals surface area contributed by atoms with Gasteiger partial charge in [0.05, 0.1) is 24.3 Å². The fraction of sp³-hybridized carbons (Fsp3) is 0.542. The number of fused-ring (bicyclic) bond motifs is 1. The van der Waals surface area contributed by atoms with Gasteiger partial charge in [-0.3, -0.25) is 9.59 Å². The number of alkyl halides is 1. The Morgan fingerprint density at radius 3 is 2.53 bits per heavy atom. The Bertz CT molecular complexity index is 1100. The van der Waals surface area contributed by atoms with E-state index < -0.39 is 35.2 Å². The standard InChI is InChI=1S/C24H30F3N5O2/c1-24(2,3)20(23(34)31-11-15(26)12-31)29-22(33)19-18-13-30(4)8-5-9-32(18)21(28-19)16-10-14(25)6-7-17(16)27/h6-7,10,15,20H,5,8-9,11-13H2,1-4H3,(H,29,33)/t20-/m1/s1. The summed E-state index contributed by atoms with van der Waals surface area (Å²) in [6.45, 7) is 7.10. The highest BCUT2D eigenvalue weighted by Crippen LogP contribution is 2.30. The first kappa shape index (κ1) is 24.3. The monoisotopic (exact) mass is 477 g/mol. The second-order valence-corrected chi connectivity index (χ2v) is 10.2. The maximum absolute atomic E-state index is 14.6. The van der Waals surface area contributed by atoms with Gasteiger partial charge in [-0.2, -0.15) is 0 Å². The number of aromatic nitrogens is 2. The predicted molar refractivity (Wildman–Crippen MR) is 121 cm³/mol. The van der Waals surface area contributed by atoms with Gasteiger partial charge in [-0.25, -0.2) is 18.2 Å². The van der Waals surface area contributed by atoms with Crippen LogP contribution in [0, 0.1) is 17.0 Å². The van der Waals surface area contributed by atoms with E-state index in [1.54, 1.807) is 4.57 Å². The minimum absolute atomic E-state index is 0.00888. The number of hydrogen-bond donors (Lipinski definition) is 1. The highest BCUT2D eigenvalue weighted by Gasteiger charge is 2.41. The second kappa shape index (κ2) is 9.05. The Hall–Kier alpha value is -2.88. The SMILES string of the molecule is CN1CCCn2c(-c3cc(F)ccc3F)nc(C(=O)N[C@H](C(=O)N3CC(F)C3)C(C)(C)C)c2C1. The number of carbonyl (C=O) groups excluding carboxylic acids is 2. The molecule has 0 unspecified atom stereocenters. The molecule has 3 heterocycles. The molecule has 2 aromatic rings. The molecule has 1 N–H and O–H groups in total. The number of carbonyl (C=O) groups is 2. The van der Waals surface area contributed by atoms with Crippen LogP contribution in [-0.4, -0.2) is 70.1 Å². The van der Waals surface area contributed by atoms with E-state index in [2.05, 4.69) is 10.3 Å². The molecule has 2 aliphatic heterocycles. The third-order valence-electron chi connectivity index (χ3n) is 6.34. The smallest absolute Gasteiger partial charge is 0.272 e. The van der Waals surface area contributed by atoms with Crippen LogP contribution >= 0.6 is 0 Å². The van der Waals surface area contributed by atoms with Crippen LogP contribution < -0.4 is 5.32 Å². The molecule has 1 aromatic carbocycles. The first-order chi connectivity index (χ1) is 16.0. The van der Waals surface area contributed by atoms with Crippen LogP contribution in [0.4, 0.5) is 13.2 Å². The second-order valence-electron chi connectivity index (χ2n) is 10.2. The molecule has 1 atom stereocenters. The molecule has 34 heavy (non-hydrogen) atoms. The highest BCUT2D eigenvalue weighted by molar-refractivity contribution is 5.98. The van der Waals surface area contributed by atoms with Crippen LogP contribution in [0.15, 0.2) is 18.2 Å². The molecule has 0 bridgehead atoms. The molecule has 1 aromatic heterocycles. The Morgan fingerprint density at radius 1 is 1.18 bits per heavy atom. The van der Waals surface area contributed by atoms with Crippen molar-refractivity contribution in [2.45, 2.75) is 52.5 Å². The van der Waals surface area contributed by atoms with Crippen molar-refractivity contribution < 1.29 is 22.8 Å². The lowest BCUT2D eigenvalue weighted by molar-refractivity contribution is -0.143. The summed E-state index contributed by atoms with van der Waals surface area (Å²) in [5.41, 5.74) is -0.0209. The summed E-state index contributed by atoms with van der Waals surface area (Å²) in [5, 5.41) is 2.80. The van der Waals surface area contributed by atoms with Crippen LogP contribution in [0.1, 0.15) is 43.4 Å². The molecule has 1 saturated heterocycles. The molecule has 184 valence electrons. The average molecular weight is 478 g/mol. The van der Waals surface area contributed by atoms with E-state index in [1.165, 1.54) is 4.90 Å². The van der Waals surface area contributed by atoms with Crippen molar-refractivity contribution in [2.24, 2.45) is 5.41 Å². The lowest BCUT2D eigenvalue weighted by atomic mass is 9.85. The van der Waals surface area contributed by atoms with Crippen LogP contribution in [0.2, 0.25) is 0 Å². The van der Waals surface area contributed by atoms with Gasteiger partial charge in [0, 0.05) is 13.1 Å². The summed E-state index contributed by atoms with van der Waals surface area (Å²) in [6.07, 6.45) is -0.309. The molecule has 10 heteroatoms. The summed E-state index contributed by atoms with van der Waals surface area (Å²) in [4.78, 5) is 34.3. The van der Waals surface area contributed by atoms with Crippen LogP contribution in [0.3, 0.4) is 0 Å². The van der Waals surface area contributed by atoms with Crippen LogP contribution in [0.25, 0.3) is 11.4 Å². The lowest BCUT2D eigenvalue weighted by Gasteiger charge is -2.40. The van der Waals surface area contributed by atoms with Crippen LogP contribution in [0.5, 0.6) is 0 Å². The van der Waals surface area contributed by atoms with Crippen molar-refractivity contribution >= 4 is 11.8 Å². The number of halogens is 3. The maximum Gasteiger partial charge on any atom is 0.272 e. The summed E-state index contributed by atoms with van der Waals surface area (Å²) < 4.78 is 43.7. The van der Waals surface area contributed by atoms with Gasteiger partial charge in [0.2, 0.25) is 5.91 Å². The number of nitrogens with one attached hydrogen (secondary N) is 1. The first-order valence-electron chi connectivity index (χ1n) is 11.4. The van der Waals surface area contributed by atoms with Crippen molar-refractivity contribution in [3.05, 3.63) is 41.2 Å². The molecule has 2 amide bonds. The Morgan fingerprint density at radius 2 is 1.88 bits per heavy atom. The van der Waals surface area contributed by atoms with Crippen molar-refractivity contribution in [3.8, 4) is 11.4 Å². The molecule has 0 radical (unpaired) electrons. The van der Waals surface area contributed by atoms with Gasteiger partial charge < -0.3 is 19.7 Å². The number of imidazole rings is 1. The van der Waals surface area contributed by atoms with Gasteiger partial charge in [0.25, 0.3) is 5.91 Å². The number of benzene rings is 1. The third-order valence-corrected chi connectivity index (χ3v) is 6.34. The van der Waals surface area contributed by atoms with E-state index >= 15 is 0 Å². The van der Waals surface area contributed by atoms with E-state index in [-0.39, 0.29) is 36.1 Å².